The maximum absolute atomic E-state index is 12.7. The van der Waals surface area contributed by atoms with Crippen molar-refractivity contribution in [1.82, 2.24) is 19.2 Å². The molecule has 32 heavy (non-hydrogen) atoms. The number of benzene rings is 1. The highest BCUT2D eigenvalue weighted by Crippen LogP contribution is 2.28. The molecule has 3 aromatic heterocycles. The lowest BCUT2D eigenvalue weighted by molar-refractivity contribution is 0.262. The Hall–Kier alpha value is -3.81. The monoisotopic (exact) mass is 429 g/mol. The number of nitrogens with one attached hydrogen (secondary N) is 2. The van der Waals surface area contributed by atoms with Crippen molar-refractivity contribution in [3.63, 3.8) is 0 Å². The molecule has 0 radical (unpaired) electrons. The largest absolute Gasteiger partial charge is 0.370 e. The second-order valence-corrected chi connectivity index (χ2v) is 8.12. The lowest BCUT2D eigenvalue weighted by Gasteiger charge is -2.25. The molecular weight excluding hydrogens is 402 g/mol. The molecule has 0 aliphatic carbocycles. The summed E-state index contributed by atoms with van der Waals surface area (Å²) in [5.41, 5.74) is 4.34. The third-order valence-electron chi connectivity index (χ3n) is 5.73. The molecule has 1 saturated heterocycles. The van der Waals surface area contributed by atoms with Crippen LogP contribution in [0.1, 0.15) is 31.4 Å². The summed E-state index contributed by atoms with van der Waals surface area (Å²) in [6.07, 6.45) is 12.3. The molecule has 164 valence electrons. The van der Waals surface area contributed by atoms with E-state index in [1.54, 1.807) is 10.9 Å². The van der Waals surface area contributed by atoms with Crippen LogP contribution in [0.25, 0.3) is 5.65 Å². The summed E-state index contributed by atoms with van der Waals surface area (Å²) in [6, 6.07) is 13.6. The summed E-state index contributed by atoms with van der Waals surface area (Å²) in [5.74, 6) is 0. The Balaban J connectivity index is 1.23. The summed E-state index contributed by atoms with van der Waals surface area (Å²) in [7, 11) is 0. The fourth-order valence-electron chi connectivity index (χ4n) is 4.20. The van der Waals surface area contributed by atoms with Crippen molar-refractivity contribution in [3.8, 4) is 0 Å². The first-order valence-corrected chi connectivity index (χ1v) is 11.1. The van der Waals surface area contributed by atoms with Gasteiger partial charge in [-0.25, -0.2) is 9.78 Å². The predicted octanol–water partition coefficient (Wildman–Crippen LogP) is 4.60. The second-order valence-electron chi connectivity index (χ2n) is 8.12. The van der Waals surface area contributed by atoms with Crippen LogP contribution in [-0.4, -0.2) is 38.3 Å². The molecule has 2 N–H and O–H groups in total. The molecule has 1 aromatic carbocycles. The highest BCUT2D eigenvalue weighted by atomic mass is 16.2. The van der Waals surface area contributed by atoms with Gasteiger partial charge >= 0.3 is 6.03 Å². The second kappa shape index (κ2) is 9.13. The number of urea groups is 1. The fourth-order valence-corrected chi connectivity index (χ4v) is 4.20. The van der Waals surface area contributed by atoms with Crippen molar-refractivity contribution >= 4 is 28.7 Å². The Morgan fingerprint density at radius 2 is 1.75 bits per heavy atom. The first kappa shape index (κ1) is 20.1. The van der Waals surface area contributed by atoms with Crippen molar-refractivity contribution in [2.24, 2.45) is 0 Å². The Morgan fingerprint density at radius 1 is 0.938 bits per heavy atom. The molecular formula is C24H27N7O. The number of aromatic nitrogens is 4. The summed E-state index contributed by atoms with van der Waals surface area (Å²) in [5, 5.41) is 10.3. The summed E-state index contributed by atoms with van der Waals surface area (Å²) >= 11 is 0. The number of fused-ring (bicyclic) bond motifs is 1. The first-order valence-electron chi connectivity index (χ1n) is 11.1. The predicted molar refractivity (Wildman–Crippen MR) is 126 cm³/mol. The van der Waals surface area contributed by atoms with Crippen LogP contribution in [0.4, 0.5) is 21.9 Å². The fraction of sp³-hybridized carbons (Fsp3) is 0.292. The van der Waals surface area contributed by atoms with E-state index in [1.165, 1.54) is 25.7 Å². The van der Waals surface area contributed by atoms with Gasteiger partial charge in [-0.05, 0) is 37.1 Å². The van der Waals surface area contributed by atoms with Crippen LogP contribution in [0.15, 0.2) is 67.3 Å². The van der Waals surface area contributed by atoms with Gasteiger partial charge in [0.2, 0.25) is 0 Å². The number of imidazole rings is 1. The topological polar surface area (TPSA) is 79.5 Å². The van der Waals surface area contributed by atoms with Gasteiger partial charge in [-0.1, -0.05) is 31.0 Å². The standard InChI is InChI=1S/C24H27N7O/c32-24(28-21-9-3-4-10-22(21)29-12-6-1-2-7-13-29)27-19-15-25-31(17-19)18-20-16-30-14-8-5-11-23(30)26-20/h3-5,8-11,14-17H,1-2,6-7,12-13,18H2,(H2,27,28,32). The van der Waals surface area contributed by atoms with Gasteiger partial charge < -0.3 is 19.9 Å². The van der Waals surface area contributed by atoms with E-state index < -0.39 is 0 Å². The molecule has 0 saturated carbocycles. The van der Waals surface area contributed by atoms with E-state index in [-0.39, 0.29) is 6.03 Å². The number of hydrogen-bond donors (Lipinski definition) is 2. The van der Waals surface area contributed by atoms with Crippen LogP contribution in [0.3, 0.4) is 0 Å². The van der Waals surface area contributed by atoms with E-state index in [0.717, 1.165) is 35.8 Å². The zero-order chi connectivity index (χ0) is 21.8. The van der Waals surface area contributed by atoms with E-state index >= 15 is 0 Å². The van der Waals surface area contributed by atoms with Crippen molar-refractivity contribution in [2.75, 3.05) is 28.6 Å². The van der Waals surface area contributed by atoms with E-state index in [9.17, 15) is 4.79 Å². The van der Waals surface area contributed by atoms with Crippen LogP contribution in [0.2, 0.25) is 0 Å². The molecule has 5 rings (SSSR count). The van der Waals surface area contributed by atoms with Crippen molar-refractivity contribution in [1.29, 1.82) is 0 Å². The minimum atomic E-state index is -0.278. The van der Waals surface area contributed by atoms with Crippen LogP contribution >= 0.6 is 0 Å². The lowest BCUT2D eigenvalue weighted by Crippen LogP contribution is -2.26. The minimum absolute atomic E-state index is 0.278. The van der Waals surface area contributed by atoms with Gasteiger partial charge in [-0.3, -0.25) is 4.68 Å². The number of nitrogens with zero attached hydrogens (tertiary/aromatic N) is 5. The van der Waals surface area contributed by atoms with E-state index in [1.807, 2.05) is 59.4 Å². The highest BCUT2D eigenvalue weighted by Gasteiger charge is 2.15. The molecule has 2 amide bonds. The normalized spacial score (nSPS) is 14.3. The van der Waals surface area contributed by atoms with Gasteiger partial charge in [0.05, 0.1) is 35.5 Å². The summed E-state index contributed by atoms with van der Waals surface area (Å²) in [6.45, 7) is 2.58. The number of rotatable bonds is 5. The van der Waals surface area contributed by atoms with Gasteiger partial charge in [0.25, 0.3) is 0 Å². The highest BCUT2D eigenvalue weighted by molar-refractivity contribution is 6.01. The summed E-state index contributed by atoms with van der Waals surface area (Å²) < 4.78 is 3.75. The lowest BCUT2D eigenvalue weighted by atomic mass is 10.2. The van der Waals surface area contributed by atoms with E-state index in [4.69, 9.17) is 0 Å². The molecule has 1 aliphatic rings. The molecule has 0 unspecified atom stereocenters. The molecule has 4 heterocycles. The molecule has 8 heteroatoms. The average molecular weight is 430 g/mol. The molecule has 1 fully saturated rings. The molecule has 0 atom stereocenters. The van der Waals surface area contributed by atoms with E-state index in [2.05, 4.69) is 31.7 Å². The van der Waals surface area contributed by atoms with Gasteiger partial charge in [-0.15, -0.1) is 0 Å². The zero-order valence-corrected chi connectivity index (χ0v) is 17.9. The van der Waals surface area contributed by atoms with Gasteiger partial charge in [0.1, 0.15) is 5.65 Å². The third kappa shape index (κ3) is 4.59. The maximum Gasteiger partial charge on any atom is 0.323 e. The number of carbonyl (C=O) groups is 1. The van der Waals surface area contributed by atoms with Crippen LogP contribution < -0.4 is 15.5 Å². The van der Waals surface area contributed by atoms with Crippen LogP contribution in [0, 0.1) is 0 Å². The van der Waals surface area contributed by atoms with Crippen LogP contribution in [0.5, 0.6) is 0 Å². The summed E-state index contributed by atoms with van der Waals surface area (Å²) in [4.78, 5) is 19.6. The Bertz CT molecular complexity index is 1170. The quantitative estimate of drug-likeness (QED) is 0.486. The smallest absolute Gasteiger partial charge is 0.323 e. The number of carbonyl (C=O) groups excluding carboxylic acids is 1. The van der Waals surface area contributed by atoms with Crippen LogP contribution in [-0.2, 0) is 6.54 Å². The molecule has 1 aliphatic heterocycles. The Morgan fingerprint density at radius 3 is 2.59 bits per heavy atom. The number of pyridine rings is 1. The van der Waals surface area contributed by atoms with Crippen molar-refractivity contribution < 1.29 is 4.79 Å². The van der Waals surface area contributed by atoms with Gasteiger partial charge in [0.15, 0.2) is 0 Å². The maximum atomic E-state index is 12.7. The number of amides is 2. The van der Waals surface area contributed by atoms with E-state index in [0.29, 0.717) is 12.2 Å². The SMILES string of the molecule is O=C(Nc1cnn(Cc2cn3ccccc3n2)c1)Nc1ccccc1N1CCCCCC1. The Kier molecular flexibility index (Phi) is 5.74. The van der Waals surface area contributed by atoms with Gasteiger partial charge in [0, 0.05) is 31.7 Å². The average Bonchev–Trinajstić information content (AvgIpc) is 3.31. The minimum Gasteiger partial charge on any atom is -0.370 e. The van der Waals surface area contributed by atoms with Crippen molar-refractivity contribution in [3.05, 3.63) is 72.9 Å². The third-order valence-corrected chi connectivity index (χ3v) is 5.73. The zero-order valence-electron chi connectivity index (χ0n) is 17.9. The number of anilines is 3. The molecule has 4 aromatic rings. The first-order chi connectivity index (χ1) is 15.7. The molecule has 0 bridgehead atoms. The van der Waals surface area contributed by atoms with Crippen molar-refractivity contribution in [2.45, 2.75) is 32.2 Å². The number of para-hydroxylation sites is 2. The Labute approximate surface area is 186 Å². The number of hydrogen-bond acceptors (Lipinski definition) is 4. The van der Waals surface area contributed by atoms with Gasteiger partial charge in [-0.2, -0.15) is 5.10 Å². The molecule has 0 spiro atoms. The molecule has 8 nitrogen and oxygen atoms in total.